The Labute approximate surface area is 134 Å². The van der Waals surface area contributed by atoms with Gasteiger partial charge in [-0.15, -0.1) is 0 Å². The van der Waals surface area contributed by atoms with Crippen LogP contribution in [0.3, 0.4) is 0 Å². The van der Waals surface area contributed by atoms with Crippen LogP contribution in [0.1, 0.15) is 37.7 Å². The maximum absolute atomic E-state index is 11.9. The summed E-state index contributed by atoms with van der Waals surface area (Å²) in [5, 5.41) is 11.9. The molecule has 118 valence electrons. The molecule has 0 radical (unpaired) electrons. The highest BCUT2D eigenvalue weighted by molar-refractivity contribution is 6.02. The van der Waals surface area contributed by atoms with Crippen LogP contribution >= 0.6 is 0 Å². The first-order chi connectivity index (χ1) is 11.0. The molecule has 2 fully saturated rings. The van der Waals surface area contributed by atoms with Crippen molar-refractivity contribution in [3.63, 3.8) is 0 Å². The number of amides is 3. The van der Waals surface area contributed by atoms with Gasteiger partial charge in [0.2, 0.25) is 17.7 Å². The number of nitriles is 1. The summed E-state index contributed by atoms with van der Waals surface area (Å²) in [6.07, 6.45) is 2.33. The molecule has 3 amide bonds. The maximum atomic E-state index is 11.9. The SMILES string of the molecule is N#CC1(c2ccc(NC(=O)CCN3C(=O)CCC3=O)cc2)CC1. The number of carbonyl (C=O) groups is 3. The fraction of sp³-hybridized carbons (Fsp3) is 0.412. The number of rotatable bonds is 5. The van der Waals surface area contributed by atoms with Crippen molar-refractivity contribution in [3.8, 4) is 6.07 Å². The number of carbonyl (C=O) groups excluding carboxylic acids is 3. The molecule has 1 aliphatic heterocycles. The Bertz CT molecular complexity index is 683. The van der Waals surface area contributed by atoms with Crippen molar-refractivity contribution in [1.29, 1.82) is 5.26 Å². The van der Waals surface area contributed by atoms with Crippen LogP contribution in [0.2, 0.25) is 0 Å². The topological polar surface area (TPSA) is 90.3 Å². The van der Waals surface area contributed by atoms with Crippen LogP contribution in [0, 0.1) is 11.3 Å². The molecule has 6 heteroatoms. The van der Waals surface area contributed by atoms with E-state index in [4.69, 9.17) is 5.26 Å². The molecule has 6 nitrogen and oxygen atoms in total. The minimum atomic E-state index is -0.334. The molecule has 1 heterocycles. The fourth-order valence-corrected chi connectivity index (χ4v) is 2.77. The molecule has 23 heavy (non-hydrogen) atoms. The van der Waals surface area contributed by atoms with Gasteiger partial charge >= 0.3 is 0 Å². The maximum Gasteiger partial charge on any atom is 0.229 e. The third-order valence-corrected chi connectivity index (χ3v) is 4.40. The molecular formula is C17H17N3O3. The van der Waals surface area contributed by atoms with E-state index in [1.54, 1.807) is 12.1 Å². The Morgan fingerprint density at radius 3 is 2.30 bits per heavy atom. The standard InChI is InChI=1S/C17H17N3O3/c18-11-17(8-9-17)12-1-3-13(4-2-12)19-14(21)7-10-20-15(22)5-6-16(20)23/h1-4H,5-10H2,(H,19,21). The Kier molecular flexibility index (Phi) is 3.87. The Balaban J connectivity index is 1.53. The predicted octanol–water partition coefficient (Wildman–Crippen LogP) is 1.72. The second-order valence-corrected chi connectivity index (χ2v) is 6.01. The van der Waals surface area contributed by atoms with Crippen molar-refractivity contribution in [2.45, 2.75) is 37.5 Å². The largest absolute Gasteiger partial charge is 0.326 e. The number of imide groups is 1. The number of nitrogens with one attached hydrogen (secondary N) is 1. The van der Waals surface area contributed by atoms with Crippen molar-refractivity contribution in [3.05, 3.63) is 29.8 Å². The Morgan fingerprint density at radius 2 is 1.78 bits per heavy atom. The molecule has 1 aromatic carbocycles. The average Bonchev–Trinajstić information content (AvgIpc) is 3.28. The first kappa shape index (κ1) is 15.2. The van der Waals surface area contributed by atoms with Gasteiger partial charge in [-0.3, -0.25) is 19.3 Å². The highest BCUT2D eigenvalue weighted by Crippen LogP contribution is 2.47. The third kappa shape index (κ3) is 3.09. The molecule has 1 aromatic rings. The minimum Gasteiger partial charge on any atom is -0.326 e. The molecule has 1 saturated heterocycles. The Morgan fingerprint density at radius 1 is 1.17 bits per heavy atom. The van der Waals surface area contributed by atoms with E-state index in [-0.39, 0.29) is 48.9 Å². The number of hydrogen-bond donors (Lipinski definition) is 1. The summed E-state index contributed by atoms with van der Waals surface area (Å²) in [5.41, 5.74) is 1.29. The van der Waals surface area contributed by atoms with Crippen LogP contribution in [0.15, 0.2) is 24.3 Å². The van der Waals surface area contributed by atoms with Crippen LogP contribution < -0.4 is 5.32 Å². The van der Waals surface area contributed by atoms with Crippen molar-refractivity contribution in [2.75, 3.05) is 11.9 Å². The van der Waals surface area contributed by atoms with Crippen molar-refractivity contribution in [1.82, 2.24) is 4.90 Å². The summed E-state index contributed by atoms with van der Waals surface area (Å²) >= 11 is 0. The minimum absolute atomic E-state index is 0.0847. The zero-order valence-corrected chi connectivity index (χ0v) is 12.7. The molecule has 1 aliphatic carbocycles. The molecule has 1 N–H and O–H groups in total. The van der Waals surface area contributed by atoms with Gasteiger partial charge in [-0.1, -0.05) is 12.1 Å². The van der Waals surface area contributed by atoms with Gasteiger partial charge in [-0.25, -0.2) is 0 Å². The molecule has 3 rings (SSSR count). The van der Waals surface area contributed by atoms with Crippen LogP contribution in [0.4, 0.5) is 5.69 Å². The van der Waals surface area contributed by atoms with Crippen LogP contribution in [0.25, 0.3) is 0 Å². The van der Waals surface area contributed by atoms with Gasteiger partial charge in [0.15, 0.2) is 0 Å². The van der Waals surface area contributed by atoms with Gasteiger partial charge in [0, 0.05) is 31.5 Å². The summed E-state index contributed by atoms with van der Waals surface area (Å²) in [7, 11) is 0. The average molecular weight is 311 g/mol. The summed E-state index contributed by atoms with van der Waals surface area (Å²) in [4.78, 5) is 36.0. The van der Waals surface area contributed by atoms with Gasteiger partial charge in [-0.05, 0) is 30.5 Å². The lowest BCUT2D eigenvalue weighted by Gasteiger charge is -2.13. The molecule has 0 unspecified atom stereocenters. The van der Waals surface area contributed by atoms with Crippen molar-refractivity contribution >= 4 is 23.4 Å². The summed E-state index contributed by atoms with van der Waals surface area (Å²) in [6, 6.07) is 9.60. The normalized spacial score (nSPS) is 18.7. The molecule has 0 spiro atoms. The second kappa shape index (κ2) is 5.84. The lowest BCUT2D eigenvalue weighted by Crippen LogP contribution is -2.32. The smallest absolute Gasteiger partial charge is 0.229 e. The van der Waals surface area contributed by atoms with Crippen LogP contribution in [0.5, 0.6) is 0 Å². The number of benzene rings is 1. The molecular weight excluding hydrogens is 294 g/mol. The highest BCUT2D eigenvalue weighted by Gasteiger charge is 2.44. The van der Waals surface area contributed by atoms with E-state index in [9.17, 15) is 14.4 Å². The lowest BCUT2D eigenvalue weighted by atomic mass is 9.98. The molecule has 0 aromatic heterocycles. The number of nitrogens with zero attached hydrogens (tertiary/aromatic N) is 2. The predicted molar refractivity (Wildman–Crippen MR) is 82.2 cm³/mol. The first-order valence-electron chi connectivity index (χ1n) is 7.69. The van der Waals surface area contributed by atoms with Gasteiger partial charge in [0.25, 0.3) is 0 Å². The van der Waals surface area contributed by atoms with Crippen LogP contribution in [-0.2, 0) is 19.8 Å². The number of anilines is 1. The fourth-order valence-electron chi connectivity index (χ4n) is 2.77. The highest BCUT2D eigenvalue weighted by atomic mass is 16.2. The van der Waals surface area contributed by atoms with E-state index in [1.165, 1.54) is 0 Å². The summed E-state index contributed by atoms with van der Waals surface area (Å²) in [5.74, 6) is -0.663. The summed E-state index contributed by atoms with van der Waals surface area (Å²) < 4.78 is 0. The van der Waals surface area contributed by atoms with Gasteiger partial charge in [-0.2, -0.15) is 5.26 Å². The van der Waals surface area contributed by atoms with Crippen molar-refractivity contribution in [2.24, 2.45) is 0 Å². The first-order valence-corrected chi connectivity index (χ1v) is 7.69. The third-order valence-electron chi connectivity index (χ3n) is 4.40. The van der Waals surface area contributed by atoms with Gasteiger partial charge in [0.05, 0.1) is 11.5 Å². The molecule has 0 bridgehead atoms. The van der Waals surface area contributed by atoms with E-state index < -0.39 is 0 Å². The molecule has 0 atom stereocenters. The second-order valence-electron chi connectivity index (χ2n) is 6.01. The van der Waals surface area contributed by atoms with E-state index in [2.05, 4.69) is 11.4 Å². The van der Waals surface area contributed by atoms with Crippen molar-refractivity contribution < 1.29 is 14.4 Å². The Hall–Kier alpha value is -2.68. The zero-order chi connectivity index (χ0) is 16.4. The van der Waals surface area contributed by atoms with E-state index in [1.807, 2.05) is 12.1 Å². The molecule has 1 saturated carbocycles. The van der Waals surface area contributed by atoms with E-state index in [0.717, 1.165) is 23.3 Å². The van der Waals surface area contributed by atoms with E-state index in [0.29, 0.717) is 5.69 Å². The number of hydrogen-bond acceptors (Lipinski definition) is 4. The van der Waals surface area contributed by atoms with E-state index >= 15 is 0 Å². The summed E-state index contributed by atoms with van der Waals surface area (Å²) in [6.45, 7) is 0.124. The number of likely N-dealkylation sites (tertiary alicyclic amines) is 1. The van der Waals surface area contributed by atoms with Crippen LogP contribution in [-0.4, -0.2) is 29.2 Å². The monoisotopic (exact) mass is 311 g/mol. The zero-order valence-electron chi connectivity index (χ0n) is 12.7. The quantitative estimate of drug-likeness (QED) is 0.838. The van der Waals surface area contributed by atoms with Gasteiger partial charge < -0.3 is 5.32 Å². The molecule has 2 aliphatic rings. The lowest BCUT2D eigenvalue weighted by molar-refractivity contribution is -0.138. The van der Waals surface area contributed by atoms with Gasteiger partial charge in [0.1, 0.15) is 0 Å².